The third kappa shape index (κ3) is 2.88. The fourth-order valence-corrected chi connectivity index (χ4v) is 3.57. The van der Waals surface area contributed by atoms with Crippen molar-refractivity contribution >= 4 is 11.3 Å². The molecule has 2 aromatic rings. The molecule has 0 amide bonds. The van der Waals surface area contributed by atoms with Crippen molar-refractivity contribution < 1.29 is 4.74 Å². The molecule has 0 radical (unpaired) electrons. The molecular weight excluding hydrogens is 254 g/mol. The van der Waals surface area contributed by atoms with Crippen LogP contribution in [0.4, 0.5) is 0 Å². The van der Waals surface area contributed by atoms with Crippen LogP contribution in [0, 0.1) is 0 Å². The van der Waals surface area contributed by atoms with Crippen LogP contribution in [0.2, 0.25) is 0 Å². The van der Waals surface area contributed by atoms with E-state index >= 15 is 0 Å². The van der Waals surface area contributed by atoms with Crippen LogP contribution >= 0.6 is 11.3 Å². The molecule has 3 heteroatoms. The molecule has 0 spiro atoms. The molecule has 2 unspecified atom stereocenters. The number of methoxy groups -OCH3 is 1. The maximum atomic E-state index is 5.52. The van der Waals surface area contributed by atoms with Crippen LogP contribution in [-0.2, 0) is 4.74 Å². The van der Waals surface area contributed by atoms with Crippen LogP contribution in [0.5, 0.6) is 0 Å². The van der Waals surface area contributed by atoms with Gasteiger partial charge in [0.1, 0.15) is 5.01 Å². The Morgan fingerprint density at radius 3 is 2.74 bits per heavy atom. The summed E-state index contributed by atoms with van der Waals surface area (Å²) in [4.78, 5) is 4.35. The summed E-state index contributed by atoms with van der Waals surface area (Å²) < 4.78 is 5.52. The lowest BCUT2D eigenvalue weighted by molar-refractivity contribution is 0.0635. The molecule has 2 nitrogen and oxygen atoms in total. The van der Waals surface area contributed by atoms with Crippen molar-refractivity contribution in [1.29, 1.82) is 0 Å². The molecule has 1 heterocycles. The summed E-state index contributed by atoms with van der Waals surface area (Å²) in [6, 6.07) is 8.92. The quantitative estimate of drug-likeness (QED) is 0.822. The zero-order valence-corrected chi connectivity index (χ0v) is 12.0. The first-order chi connectivity index (χ1) is 9.36. The second kappa shape index (κ2) is 5.85. The summed E-state index contributed by atoms with van der Waals surface area (Å²) in [5, 5.41) is 3.12. The Hall–Kier alpha value is -1.19. The van der Waals surface area contributed by atoms with Gasteiger partial charge >= 0.3 is 0 Å². The van der Waals surface area contributed by atoms with Gasteiger partial charge in [-0.1, -0.05) is 30.7 Å². The maximum Gasteiger partial charge on any atom is 0.123 e. The Morgan fingerprint density at radius 2 is 2.05 bits per heavy atom. The van der Waals surface area contributed by atoms with Crippen molar-refractivity contribution in [2.45, 2.75) is 37.7 Å². The topological polar surface area (TPSA) is 22.1 Å². The average molecular weight is 273 g/mol. The minimum atomic E-state index is 0.442. The Morgan fingerprint density at radius 1 is 1.21 bits per heavy atom. The van der Waals surface area contributed by atoms with E-state index in [2.05, 4.69) is 29.2 Å². The third-order valence-corrected chi connectivity index (χ3v) is 4.84. The first kappa shape index (κ1) is 12.8. The normalized spacial score (nSPS) is 23.4. The minimum Gasteiger partial charge on any atom is -0.381 e. The van der Waals surface area contributed by atoms with E-state index in [1.807, 2.05) is 18.7 Å². The summed E-state index contributed by atoms with van der Waals surface area (Å²) in [5.41, 5.74) is 2.67. The Bertz CT molecular complexity index is 506. The predicted molar refractivity (Wildman–Crippen MR) is 79.6 cm³/mol. The van der Waals surface area contributed by atoms with E-state index in [0.717, 1.165) is 11.4 Å². The average Bonchev–Trinajstić information content (AvgIpc) is 3.02. The molecule has 3 rings (SSSR count). The van der Waals surface area contributed by atoms with Gasteiger partial charge in [-0.05, 0) is 30.7 Å². The van der Waals surface area contributed by atoms with E-state index in [-0.39, 0.29) is 0 Å². The van der Waals surface area contributed by atoms with Gasteiger partial charge in [-0.15, -0.1) is 11.3 Å². The molecule has 0 bridgehead atoms. The van der Waals surface area contributed by atoms with E-state index in [9.17, 15) is 0 Å². The lowest BCUT2D eigenvalue weighted by atomic mass is 9.82. The number of ether oxygens (including phenoxy) is 1. The fourth-order valence-electron chi connectivity index (χ4n) is 2.93. The number of hydrogen-bond acceptors (Lipinski definition) is 3. The van der Waals surface area contributed by atoms with Gasteiger partial charge in [-0.3, -0.25) is 0 Å². The smallest absolute Gasteiger partial charge is 0.123 e. The maximum absolute atomic E-state index is 5.52. The molecule has 0 saturated heterocycles. The standard InChI is InChI=1S/C16H19NOS/c1-18-15-4-2-3-14(11-15)12-5-7-13(8-6-12)16-17-9-10-19-16/h5-10,14-15H,2-4,11H2,1H3. The summed E-state index contributed by atoms with van der Waals surface area (Å²) in [5.74, 6) is 0.657. The first-order valence-electron chi connectivity index (χ1n) is 6.89. The molecule has 19 heavy (non-hydrogen) atoms. The second-order valence-electron chi connectivity index (χ2n) is 5.18. The molecule has 100 valence electrons. The highest BCUT2D eigenvalue weighted by atomic mass is 32.1. The van der Waals surface area contributed by atoms with Crippen molar-refractivity contribution in [2.75, 3.05) is 7.11 Å². The lowest BCUT2D eigenvalue weighted by Crippen LogP contribution is -2.20. The van der Waals surface area contributed by atoms with Crippen molar-refractivity contribution in [3.63, 3.8) is 0 Å². The van der Waals surface area contributed by atoms with Gasteiger partial charge in [0.25, 0.3) is 0 Å². The number of nitrogens with zero attached hydrogens (tertiary/aromatic N) is 1. The lowest BCUT2D eigenvalue weighted by Gasteiger charge is -2.28. The van der Waals surface area contributed by atoms with Gasteiger partial charge in [0, 0.05) is 24.3 Å². The summed E-state index contributed by atoms with van der Waals surface area (Å²) in [7, 11) is 1.83. The van der Waals surface area contributed by atoms with E-state index in [1.165, 1.54) is 30.4 Å². The molecule has 1 aromatic heterocycles. The van der Waals surface area contributed by atoms with Crippen molar-refractivity contribution in [2.24, 2.45) is 0 Å². The molecule has 0 N–H and O–H groups in total. The van der Waals surface area contributed by atoms with Gasteiger partial charge in [0.2, 0.25) is 0 Å². The molecular formula is C16H19NOS. The summed E-state index contributed by atoms with van der Waals surface area (Å²) in [6.07, 6.45) is 7.24. The van der Waals surface area contributed by atoms with E-state index in [4.69, 9.17) is 4.74 Å². The predicted octanol–water partition coefficient (Wildman–Crippen LogP) is 4.48. The number of thiazole rings is 1. The third-order valence-electron chi connectivity index (χ3n) is 4.02. The Kier molecular flexibility index (Phi) is 3.95. The first-order valence-corrected chi connectivity index (χ1v) is 7.77. The van der Waals surface area contributed by atoms with E-state index in [1.54, 1.807) is 11.3 Å². The molecule has 1 aliphatic carbocycles. The van der Waals surface area contributed by atoms with E-state index in [0.29, 0.717) is 12.0 Å². The van der Waals surface area contributed by atoms with Crippen LogP contribution in [0.1, 0.15) is 37.2 Å². The van der Waals surface area contributed by atoms with E-state index < -0.39 is 0 Å². The number of hydrogen-bond donors (Lipinski definition) is 0. The van der Waals surface area contributed by atoms with Crippen molar-refractivity contribution in [1.82, 2.24) is 4.98 Å². The van der Waals surface area contributed by atoms with Crippen LogP contribution in [-0.4, -0.2) is 18.2 Å². The Labute approximate surface area is 118 Å². The van der Waals surface area contributed by atoms with Gasteiger partial charge in [0.05, 0.1) is 6.10 Å². The zero-order chi connectivity index (χ0) is 13.1. The highest BCUT2D eigenvalue weighted by molar-refractivity contribution is 7.13. The van der Waals surface area contributed by atoms with Crippen LogP contribution in [0.15, 0.2) is 35.8 Å². The summed E-state index contributed by atoms with van der Waals surface area (Å²) in [6.45, 7) is 0. The monoisotopic (exact) mass is 273 g/mol. The van der Waals surface area contributed by atoms with Gasteiger partial charge in [0.15, 0.2) is 0 Å². The van der Waals surface area contributed by atoms with Gasteiger partial charge in [-0.25, -0.2) is 4.98 Å². The molecule has 1 saturated carbocycles. The van der Waals surface area contributed by atoms with Crippen molar-refractivity contribution in [3.05, 3.63) is 41.4 Å². The largest absolute Gasteiger partial charge is 0.381 e. The van der Waals surface area contributed by atoms with Gasteiger partial charge in [-0.2, -0.15) is 0 Å². The van der Waals surface area contributed by atoms with Crippen LogP contribution in [0.3, 0.4) is 0 Å². The molecule has 1 fully saturated rings. The highest BCUT2D eigenvalue weighted by Crippen LogP contribution is 2.35. The van der Waals surface area contributed by atoms with Gasteiger partial charge < -0.3 is 4.74 Å². The van der Waals surface area contributed by atoms with Crippen LogP contribution in [0.25, 0.3) is 10.6 Å². The fraction of sp³-hybridized carbons (Fsp3) is 0.438. The van der Waals surface area contributed by atoms with Crippen molar-refractivity contribution in [3.8, 4) is 10.6 Å². The number of aromatic nitrogens is 1. The van der Waals surface area contributed by atoms with Crippen LogP contribution < -0.4 is 0 Å². The number of benzene rings is 1. The second-order valence-corrected chi connectivity index (χ2v) is 6.08. The SMILES string of the molecule is COC1CCCC(c2ccc(-c3nccs3)cc2)C1. The minimum absolute atomic E-state index is 0.442. The molecule has 0 aliphatic heterocycles. The molecule has 1 aliphatic rings. The summed E-state index contributed by atoms with van der Waals surface area (Å²) >= 11 is 1.69. The molecule has 1 aromatic carbocycles. The zero-order valence-electron chi connectivity index (χ0n) is 11.2. The number of rotatable bonds is 3. The Balaban J connectivity index is 1.75. The molecule has 2 atom stereocenters. The highest BCUT2D eigenvalue weighted by Gasteiger charge is 2.22.